The maximum absolute atomic E-state index is 12.5. The number of nitro benzene ring substituents is 1. The Morgan fingerprint density at radius 1 is 1.23 bits per heavy atom. The summed E-state index contributed by atoms with van der Waals surface area (Å²) in [6.45, 7) is 0. The van der Waals surface area contributed by atoms with E-state index < -0.39 is 20.6 Å². The lowest BCUT2D eigenvalue weighted by Crippen LogP contribution is -2.13. The fourth-order valence-corrected chi connectivity index (χ4v) is 3.47. The predicted octanol–water partition coefficient (Wildman–Crippen LogP) is 2.24. The van der Waals surface area contributed by atoms with Crippen LogP contribution in [0.1, 0.15) is 0 Å². The number of hydrogen-bond donors (Lipinski definition) is 1. The van der Waals surface area contributed by atoms with Gasteiger partial charge in [-0.15, -0.1) is 5.10 Å². The van der Waals surface area contributed by atoms with Crippen LogP contribution in [0.5, 0.6) is 0 Å². The highest BCUT2D eigenvalue weighted by Gasteiger charge is 2.21. The van der Waals surface area contributed by atoms with Crippen LogP contribution < -0.4 is 4.72 Å². The number of anilines is 1. The van der Waals surface area contributed by atoms with E-state index in [2.05, 4.69) is 20.2 Å². The number of hydrogen-bond acceptors (Lipinski definition) is 7. The van der Waals surface area contributed by atoms with E-state index in [0.717, 1.165) is 12.1 Å². The summed E-state index contributed by atoms with van der Waals surface area (Å²) in [7, 11) is -2.40. The summed E-state index contributed by atoms with van der Waals surface area (Å²) in [6.07, 6.45) is 0. The zero-order chi connectivity index (χ0) is 18.9. The highest BCUT2D eigenvalue weighted by molar-refractivity contribution is 7.92. The van der Waals surface area contributed by atoms with Crippen molar-refractivity contribution in [1.82, 2.24) is 20.2 Å². The minimum absolute atomic E-state index is 0.147. The molecule has 0 fully saturated rings. The summed E-state index contributed by atoms with van der Waals surface area (Å²) in [5.41, 5.74) is 0.358. The van der Waals surface area contributed by atoms with Gasteiger partial charge >= 0.3 is 0 Å². The van der Waals surface area contributed by atoms with Gasteiger partial charge < -0.3 is 0 Å². The average Bonchev–Trinajstić information content (AvgIpc) is 3.00. The second-order valence-electron chi connectivity index (χ2n) is 5.18. The molecule has 0 aliphatic carbocycles. The molecule has 12 heteroatoms. The van der Waals surface area contributed by atoms with Crippen LogP contribution in [-0.2, 0) is 17.1 Å². The zero-order valence-corrected chi connectivity index (χ0v) is 14.8. The average molecular weight is 395 g/mol. The van der Waals surface area contributed by atoms with E-state index >= 15 is 0 Å². The predicted molar refractivity (Wildman–Crippen MR) is 93.1 cm³/mol. The van der Waals surface area contributed by atoms with Gasteiger partial charge in [-0.2, -0.15) is 0 Å². The first-order chi connectivity index (χ1) is 12.3. The lowest BCUT2D eigenvalue weighted by Gasteiger charge is -2.09. The number of halogens is 1. The molecule has 0 aliphatic heterocycles. The number of nitrogens with one attached hydrogen (secondary N) is 1. The van der Waals surface area contributed by atoms with Gasteiger partial charge in [0.25, 0.3) is 15.7 Å². The molecule has 0 saturated heterocycles. The van der Waals surface area contributed by atoms with Crippen molar-refractivity contribution in [1.29, 1.82) is 0 Å². The molecule has 3 rings (SSSR count). The summed E-state index contributed by atoms with van der Waals surface area (Å²) in [5.74, 6) is 0.452. The molecule has 0 aliphatic rings. The monoisotopic (exact) mass is 394 g/mol. The summed E-state index contributed by atoms with van der Waals surface area (Å²) in [5, 5.41) is 21.9. The molecule has 0 spiro atoms. The Kier molecular flexibility index (Phi) is 4.57. The van der Waals surface area contributed by atoms with Gasteiger partial charge in [0.2, 0.25) is 0 Å². The van der Waals surface area contributed by atoms with Crippen molar-refractivity contribution < 1.29 is 13.3 Å². The van der Waals surface area contributed by atoms with Crippen LogP contribution in [0.2, 0.25) is 5.02 Å². The molecular weight excluding hydrogens is 384 g/mol. The third kappa shape index (κ3) is 3.48. The van der Waals surface area contributed by atoms with E-state index in [1.807, 2.05) is 0 Å². The van der Waals surface area contributed by atoms with Gasteiger partial charge in [0.05, 0.1) is 9.82 Å². The molecule has 1 N–H and O–H groups in total. The Morgan fingerprint density at radius 3 is 2.65 bits per heavy atom. The number of tetrazole rings is 1. The molecule has 26 heavy (non-hydrogen) atoms. The SMILES string of the molecule is Cn1nnnc1-c1cccc(NS(=O)(=O)c2ccc(Cl)c([N+](=O)[O-])c2)c1. The zero-order valence-electron chi connectivity index (χ0n) is 13.2. The lowest BCUT2D eigenvalue weighted by molar-refractivity contribution is -0.384. The first-order valence-corrected chi connectivity index (χ1v) is 8.93. The molecule has 0 radical (unpaired) electrons. The van der Waals surface area contributed by atoms with Crippen LogP contribution in [0.4, 0.5) is 11.4 Å². The molecule has 10 nitrogen and oxygen atoms in total. The van der Waals surface area contributed by atoms with Gasteiger partial charge in [-0.1, -0.05) is 23.7 Å². The van der Waals surface area contributed by atoms with Crippen molar-refractivity contribution in [2.24, 2.45) is 7.05 Å². The van der Waals surface area contributed by atoms with Crippen molar-refractivity contribution in [2.75, 3.05) is 4.72 Å². The van der Waals surface area contributed by atoms with E-state index in [1.54, 1.807) is 25.2 Å². The van der Waals surface area contributed by atoms with Crippen molar-refractivity contribution in [3.63, 3.8) is 0 Å². The normalized spacial score (nSPS) is 11.3. The third-order valence-corrected chi connectivity index (χ3v) is 5.12. The quantitative estimate of drug-likeness (QED) is 0.518. The van der Waals surface area contributed by atoms with E-state index in [0.29, 0.717) is 11.4 Å². The number of benzene rings is 2. The minimum Gasteiger partial charge on any atom is -0.280 e. The smallest absolute Gasteiger partial charge is 0.280 e. The van der Waals surface area contributed by atoms with E-state index in [-0.39, 0.29) is 15.6 Å². The molecule has 0 amide bonds. The summed E-state index contributed by atoms with van der Waals surface area (Å²) in [4.78, 5) is 9.93. The van der Waals surface area contributed by atoms with Crippen molar-refractivity contribution in [2.45, 2.75) is 4.90 Å². The fourth-order valence-electron chi connectivity index (χ4n) is 2.21. The summed E-state index contributed by atoms with van der Waals surface area (Å²) >= 11 is 5.72. The number of sulfonamides is 1. The minimum atomic E-state index is -4.05. The van der Waals surface area contributed by atoms with E-state index in [9.17, 15) is 18.5 Å². The van der Waals surface area contributed by atoms with Gasteiger partial charge in [-0.25, -0.2) is 13.1 Å². The maximum Gasteiger partial charge on any atom is 0.289 e. The van der Waals surface area contributed by atoms with Crippen LogP contribution in [-0.4, -0.2) is 33.5 Å². The topological polar surface area (TPSA) is 133 Å². The second kappa shape index (κ2) is 6.69. The molecule has 1 aromatic heterocycles. The van der Waals surface area contributed by atoms with Crippen LogP contribution in [0.15, 0.2) is 47.4 Å². The Labute approximate surface area is 152 Å². The number of nitro groups is 1. The molecule has 0 unspecified atom stereocenters. The Hall–Kier alpha value is -3.05. The molecule has 2 aromatic carbocycles. The van der Waals surface area contributed by atoms with Gasteiger partial charge in [0.15, 0.2) is 5.82 Å². The first-order valence-electron chi connectivity index (χ1n) is 7.07. The van der Waals surface area contributed by atoms with Gasteiger partial charge in [0.1, 0.15) is 5.02 Å². The van der Waals surface area contributed by atoms with Crippen LogP contribution in [0.3, 0.4) is 0 Å². The van der Waals surface area contributed by atoms with Gasteiger partial charge in [-0.3, -0.25) is 14.8 Å². The number of nitrogens with zero attached hydrogens (tertiary/aromatic N) is 5. The Balaban J connectivity index is 1.95. The highest BCUT2D eigenvalue weighted by Crippen LogP contribution is 2.28. The third-order valence-electron chi connectivity index (χ3n) is 3.42. The van der Waals surface area contributed by atoms with Crippen molar-refractivity contribution in [3.05, 3.63) is 57.6 Å². The molecule has 134 valence electrons. The number of aromatic nitrogens is 4. The standard InChI is InChI=1S/C14H11ClN6O4S/c1-20-14(16-18-19-20)9-3-2-4-10(7-9)17-26(24,25)11-5-6-12(15)13(8-11)21(22)23/h2-8,17H,1H3. The van der Waals surface area contributed by atoms with Crippen LogP contribution >= 0.6 is 11.6 Å². The molecule has 3 aromatic rings. The molecular formula is C14H11ClN6O4S. The lowest BCUT2D eigenvalue weighted by atomic mass is 10.2. The summed E-state index contributed by atoms with van der Waals surface area (Å²) < 4.78 is 28.9. The fraction of sp³-hybridized carbons (Fsp3) is 0.0714. The Bertz CT molecular complexity index is 1100. The molecule has 0 bridgehead atoms. The first kappa shape index (κ1) is 17.8. The maximum atomic E-state index is 12.5. The van der Waals surface area contributed by atoms with Crippen LogP contribution in [0, 0.1) is 10.1 Å². The number of rotatable bonds is 5. The van der Waals surface area contributed by atoms with Gasteiger partial charge in [0, 0.05) is 24.4 Å². The highest BCUT2D eigenvalue weighted by atomic mass is 35.5. The largest absolute Gasteiger partial charge is 0.289 e. The van der Waals surface area contributed by atoms with E-state index in [1.165, 1.54) is 16.8 Å². The molecule has 1 heterocycles. The van der Waals surface area contributed by atoms with E-state index in [4.69, 9.17) is 11.6 Å². The van der Waals surface area contributed by atoms with Crippen molar-refractivity contribution in [3.8, 4) is 11.4 Å². The Morgan fingerprint density at radius 2 is 2.00 bits per heavy atom. The second-order valence-corrected chi connectivity index (χ2v) is 7.27. The molecule has 0 atom stereocenters. The van der Waals surface area contributed by atoms with Gasteiger partial charge in [-0.05, 0) is 34.7 Å². The molecule has 0 saturated carbocycles. The van der Waals surface area contributed by atoms with Crippen LogP contribution in [0.25, 0.3) is 11.4 Å². The number of aryl methyl sites for hydroxylation is 1. The summed E-state index contributed by atoms with van der Waals surface area (Å²) in [6, 6.07) is 9.69. The van der Waals surface area contributed by atoms with Crippen molar-refractivity contribution >= 4 is 33.0 Å².